The van der Waals surface area contributed by atoms with E-state index in [2.05, 4.69) is 5.32 Å². The number of nitrogens with zero attached hydrogens (tertiary/aromatic N) is 1. The molecule has 0 aliphatic rings. The van der Waals surface area contributed by atoms with Crippen molar-refractivity contribution in [2.75, 3.05) is 17.9 Å². The largest absolute Gasteiger partial charge is 0.392 e. The number of anilines is 1. The molecule has 0 heterocycles. The van der Waals surface area contributed by atoms with Crippen LogP contribution in [-0.4, -0.2) is 39.1 Å². The van der Waals surface area contributed by atoms with Crippen LogP contribution >= 0.6 is 11.6 Å². The minimum atomic E-state index is -3.85. The van der Waals surface area contributed by atoms with Gasteiger partial charge in [-0.25, -0.2) is 8.42 Å². The fraction of sp³-hybridized carbons (Fsp3) is 0.235. The number of halogens is 1. The molecule has 0 aliphatic heterocycles. The first kappa shape index (κ1) is 19.2. The molecule has 0 aromatic heterocycles. The van der Waals surface area contributed by atoms with Gasteiger partial charge in [-0.15, -0.1) is 0 Å². The van der Waals surface area contributed by atoms with E-state index in [0.29, 0.717) is 10.7 Å². The van der Waals surface area contributed by atoms with Crippen LogP contribution in [0.4, 0.5) is 5.69 Å². The van der Waals surface area contributed by atoms with E-state index in [1.54, 1.807) is 25.1 Å². The summed E-state index contributed by atoms with van der Waals surface area (Å²) in [6.07, 6.45) is -0.690. The Bertz CT molecular complexity index is 868. The van der Waals surface area contributed by atoms with Crippen LogP contribution < -0.4 is 9.62 Å². The third-order valence-electron chi connectivity index (χ3n) is 3.48. The first-order chi connectivity index (χ1) is 11.7. The van der Waals surface area contributed by atoms with E-state index in [-0.39, 0.29) is 17.0 Å². The molecule has 2 rings (SSSR count). The highest BCUT2D eigenvalue weighted by Gasteiger charge is 2.22. The Labute approximate surface area is 152 Å². The molecule has 8 heteroatoms. The molecule has 0 radical (unpaired) electrons. The summed E-state index contributed by atoms with van der Waals surface area (Å²) in [6, 6.07) is 12.2. The zero-order valence-corrected chi connectivity index (χ0v) is 15.4. The van der Waals surface area contributed by atoms with Crippen LogP contribution in [0.3, 0.4) is 0 Å². The van der Waals surface area contributed by atoms with E-state index in [4.69, 9.17) is 11.6 Å². The maximum Gasteiger partial charge on any atom is 0.264 e. The Balaban J connectivity index is 2.30. The number of aliphatic hydroxyl groups is 1. The zero-order valence-electron chi connectivity index (χ0n) is 13.8. The van der Waals surface area contributed by atoms with Crippen molar-refractivity contribution in [3.63, 3.8) is 0 Å². The second-order valence-corrected chi connectivity index (χ2v) is 7.94. The van der Waals surface area contributed by atoms with Gasteiger partial charge < -0.3 is 10.4 Å². The van der Waals surface area contributed by atoms with Gasteiger partial charge in [0.1, 0.15) is 0 Å². The van der Waals surface area contributed by atoms with Crippen LogP contribution in [0.15, 0.2) is 53.4 Å². The standard InChI is InChI=1S/C17H19ClN2O4S/c1-12(21)11-19-17(22)13-5-3-8-16(9-13)25(23,24)20(2)15-7-4-6-14(18)10-15/h3-10,12,21H,11H2,1-2H3,(H,19,22)/t12-/m0/s1. The molecule has 0 bridgehead atoms. The number of carbonyl (C=O) groups excluding carboxylic acids is 1. The van der Waals surface area contributed by atoms with Crippen molar-refractivity contribution in [1.82, 2.24) is 5.32 Å². The summed E-state index contributed by atoms with van der Waals surface area (Å²) >= 11 is 5.92. The van der Waals surface area contributed by atoms with Gasteiger partial charge in [-0.2, -0.15) is 0 Å². The molecule has 0 fully saturated rings. The molecule has 0 aliphatic carbocycles. The van der Waals surface area contributed by atoms with Gasteiger partial charge in [0.15, 0.2) is 0 Å². The van der Waals surface area contributed by atoms with Gasteiger partial charge in [0.2, 0.25) is 0 Å². The van der Waals surface area contributed by atoms with Crippen LogP contribution in [-0.2, 0) is 10.0 Å². The van der Waals surface area contributed by atoms with Crippen molar-refractivity contribution in [3.05, 3.63) is 59.1 Å². The highest BCUT2D eigenvalue weighted by molar-refractivity contribution is 7.92. The molecule has 0 spiro atoms. The summed E-state index contributed by atoms with van der Waals surface area (Å²) in [7, 11) is -2.43. The number of aliphatic hydroxyl groups excluding tert-OH is 1. The summed E-state index contributed by atoms with van der Waals surface area (Å²) in [6.45, 7) is 1.62. The smallest absolute Gasteiger partial charge is 0.264 e. The average molecular weight is 383 g/mol. The van der Waals surface area contributed by atoms with Crippen molar-refractivity contribution in [2.24, 2.45) is 0 Å². The van der Waals surface area contributed by atoms with E-state index in [1.807, 2.05) is 0 Å². The van der Waals surface area contributed by atoms with Gasteiger partial charge in [0.05, 0.1) is 16.7 Å². The number of nitrogens with one attached hydrogen (secondary N) is 1. The van der Waals surface area contributed by atoms with Gasteiger partial charge in [0, 0.05) is 24.2 Å². The van der Waals surface area contributed by atoms with Crippen molar-refractivity contribution >= 4 is 33.2 Å². The summed E-state index contributed by atoms with van der Waals surface area (Å²) in [5, 5.41) is 12.2. The van der Waals surface area contributed by atoms with Gasteiger partial charge in [-0.3, -0.25) is 9.10 Å². The van der Waals surface area contributed by atoms with Crippen molar-refractivity contribution in [2.45, 2.75) is 17.9 Å². The normalized spacial score (nSPS) is 12.5. The summed E-state index contributed by atoms with van der Waals surface area (Å²) < 4.78 is 26.7. The third-order valence-corrected chi connectivity index (χ3v) is 5.50. The highest BCUT2D eigenvalue weighted by atomic mass is 35.5. The number of amides is 1. The quantitative estimate of drug-likeness (QED) is 0.802. The fourth-order valence-corrected chi connectivity index (χ4v) is 3.53. The third kappa shape index (κ3) is 4.72. The molecular formula is C17H19ClN2O4S. The molecule has 6 nitrogen and oxygen atoms in total. The molecule has 1 atom stereocenters. The topological polar surface area (TPSA) is 86.7 Å². The summed E-state index contributed by atoms with van der Waals surface area (Å²) in [5.74, 6) is -0.455. The maximum atomic E-state index is 12.8. The summed E-state index contributed by atoms with van der Waals surface area (Å²) in [4.78, 5) is 12.1. The molecular weight excluding hydrogens is 364 g/mol. The summed E-state index contributed by atoms with van der Waals surface area (Å²) in [5.41, 5.74) is 0.609. The first-order valence-corrected chi connectivity index (χ1v) is 9.34. The lowest BCUT2D eigenvalue weighted by Crippen LogP contribution is -2.31. The Morgan fingerprint density at radius 1 is 1.24 bits per heavy atom. The monoisotopic (exact) mass is 382 g/mol. The highest BCUT2D eigenvalue weighted by Crippen LogP contribution is 2.25. The molecule has 134 valence electrons. The minimum Gasteiger partial charge on any atom is -0.392 e. The zero-order chi connectivity index (χ0) is 18.6. The van der Waals surface area contributed by atoms with Crippen molar-refractivity contribution in [1.29, 1.82) is 0 Å². The maximum absolute atomic E-state index is 12.8. The fourth-order valence-electron chi connectivity index (χ4n) is 2.11. The predicted molar refractivity (Wildman–Crippen MR) is 97.5 cm³/mol. The molecule has 2 aromatic carbocycles. The predicted octanol–water partition coefficient (Wildman–Crippen LogP) is 2.28. The number of hydrogen-bond acceptors (Lipinski definition) is 4. The molecule has 0 unspecified atom stereocenters. The lowest BCUT2D eigenvalue weighted by atomic mass is 10.2. The Morgan fingerprint density at radius 3 is 2.56 bits per heavy atom. The van der Waals surface area contributed by atoms with Crippen LogP contribution in [0.25, 0.3) is 0 Å². The van der Waals surface area contributed by atoms with E-state index < -0.39 is 22.0 Å². The first-order valence-electron chi connectivity index (χ1n) is 7.52. The van der Waals surface area contributed by atoms with Gasteiger partial charge in [0.25, 0.3) is 15.9 Å². The average Bonchev–Trinajstić information content (AvgIpc) is 2.59. The second-order valence-electron chi connectivity index (χ2n) is 5.54. The van der Waals surface area contributed by atoms with Crippen molar-refractivity contribution < 1.29 is 18.3 Å². The minimum absolute atomic E-state index is 0.0142. The Morgan fingerprint density at radius 2 is 1.92 bits per heavy atom. The Kier molecular flexibility index (Phi) is 6.05. The van der Waals surface area contributed by atoms with Crippen molar-refractivity contribution in [3.8, 4) is 0 Å². The number of rotatable bonds is 6. The number of carbonyl (C=O) groups is 1. The lowest BCUT2D eigenvalue weighted by molar-refractivity contribution is 0.0924. The van der Waals surface area contributed by atoms with E-state index in [1.165, 1.54) is 37.4 Å². The molecule has 2 N–H and O–H groups in total. The second kappa shape index (κ2) is 7.86. The number of benzene rings is 2. The van der Waals surface area contributed by atoms with Crippen LogP contribution in [0.5, 0.6) is 0 Å². The van der Waals surface area contributed by atoms with Crippen LogP contribution in [0, 0.1) is 0 Å². The Hall–Kier alpha value is -2.09. The van der Waals surface area contributed by atoms with E-state index >= 15 is 0 Å². The molecule has 25 heavy (non-hydrogen) atoms. The SMILES string of the molecule is C[C@H](O)CNC(=O)c1cccc(S(=O)(=O)N(C)c2cccc(Cl)c2)c1. The van der Waals surface area contributed by atoms with Crippen LogP contribution in [0.1, 0.15) is 17.3 Å². The van der Waals surface area contributed by atoms with Gasteiger partial charge in [-0.05, 0) is 43.3 Å². The lowest BCUT2D eigenvalue weighted by Gasteiger charge is -2.20. The van der Waals surface area contributed by atoms with Crippen LogP contribution in [0.2, 0.25) is 5.02 Å². The molecule has 2 aromatic rings. The van der Waals surface area contributed by atoms with E-state index in [0.717, 1.165) is 4.31 Å². The molecule has 0 saturated heterocycles. The van der Waals surface area contributed by atoms with Gasteiger partial charge >= 0.3 is 0 Å². The number of sulfonamides is 1. The van der Waals surface area contributed by atoms with Gasteiger partial charge in [-0.1, -0.05) is 23.7 Å². The molecule has 1 amide bonds. The molecule has 0 saturated carbocycles. The van der Waals surface area contributed by atoms with E-state index in [9.17, 15) is 18.3 Å². The number of hydrogen-bond donors (Lipinski definition) is 2.